The lowest BCUT2D eigenvalue weighted by Crippen LogP contribution is -2.34. The molecule has 0 radical (unpaired) electrons. The molecular weight excluding hydrogens is 599 g/mol. The number of aromatic nitrogens is 1. The van der Waals surface area contributed by atoms with Crippen molar-refractivity contribution in [1.82, 2.24) is 4.57 Å². The maximum atomic E-state index is 6.56. The Morgan fingerprint density at radius 2 is 0.939 bits per heavy atom. The van der Waals surface area contributed by atoms with Gasteiger partial charge in [-0.2, -0.15) is 0 Å². The van der Waals surface area contributed by atoms with Crippen LogP contribution in [0.15, 0.2) is 164 Å². The fourth-order valence-corrected chi connectivity index (χ4v) is 8.51. The van der Waals surface area contributed by atoms with E-state index in [-0.39, 0.29) is 5.41 Å². The molecule has 3 nitrogen and oxygen atoms in total. The number of benzene rings is 7. The van der Waals surface area contributed by atoms with Crippen LogP contribution in [0.25, 0.3) is 27.5 Å². The summed E-state index contributed by atoms with van der Waals surface area (Å²) < 4.78 is 15.5. The highest BCUT2D eigenvalue weighted by Gasteiger charge is 2.45. The number of hydrogen-bond acceptors (Lipinski definition) is 2. The minimum atomic E-state index is -0.556. The van der Waals surface area contributed by atoms with Crippen LogP contribution >= 0.6 is 0 Å². The number of rotatable bonds is 3. The highest BCUT2D eigenvalue weighted by atomic mass is 16.5. The first-order chi connectivity index (χ1) is 24.0. The molecule has 3 heterocycles. The Balaban J connectivity index is 1.21. The van der Waals surface area contributed by atoms with Crippen LogP contribution in [-0.2, 0) is 10.8 Å². The molecule has 0 unspecified atom stereocenters. The standard InChI is InChI=1S/C46H33NO2/c1-45(2)35-17-7-11-21-41(35)49-44-28-34-33-16-6-10-20-39(33)47(40(34)29-38(44)45)32-26-24-31(25-27-32)46(30-14-4-3-5-15-30)36-18-8-12-22-42(36)48-43-23-13-9-19-37(43)46/h3-29H,1-2H3. The summed E-state index contributed by atoms with van der Waals surface area (Å²) in [6.07, 6.45) is 0. The highest BCUT2D eigenvalue weighted by molar-refractivity contribution is 6.10. The lowest BCUT2D eigenvalue weighted by atomic mass is 9.63. The van der Waals surface area contributed by atoms with Crippen molar-refractivity contribution in [3.8, 4) is 28.7 Å². The van der Waals surface area contributed by atoms with Gasteiger partial charge in [0.05, 0.1) is 16.4 Å². The van der Waals surface area contributed by atoms with E-state index >= 15 is 0 Å². The van der Waals surface area contributed by atoms with Crippen molar-refractivity contribution in [2.75, 3.05) is 0 Å². The second-order valence-corrected chi connectivity index (χ2v) is 13.7. The van der Waals surface area contributed by atoms with Gasteiger partial charge in [0.25, 0.3) is 0 Å². The van der Waals surface area contributed by atoms with Gasteiger partial charge >= 0.3 is 0 Å². The smallest absolute Gasteiger partial charge is 0.132 e. The molecule has 2 aliphatic rings. The molecule has 0 atom stereocenters. The van der Waals surface area contributed by atoms with Crippen molar-refractivity contribution in [3.63, 3.8) is 0 Å². The number of hydrogen-bond donors (Lipinski definition) is 0. The van der Waals surface area contributed by atoms with Crippen LogP contribution in [0.5, 0.6) is 23.0 Å². The zero-order valence-electron chi connectivity index (χ0n) is 27.4. The Bertz CT molecular complexity index is 2530. The number of nitrogens with zero attached hydrogens (tertiary/aromatic N) is 1. The normalized spacial score (nSPS) is 15.0. The van der Waals surface area contributed by atoms with Crippen molar-refractivity contribution in [1.29, 1.82) is 0 Å². The van der Waals surface area contributed by atoms with E-state index < -0.39 is 5.41 Å². The van der Waals surface area contributed by atoms with Crippen LogP contribution < -0.4 is 9.47 Å². The maximum Gasteiger partial charge on any atom is 0.132 e. The summed E-state index contributed by atoms with van der Waals surface area (Å²) in [6.45, 7) is 4.60. The fourth-order valence-electron chi connectivity index (χ4n) is 8.51. The maximum absolute atomic E-state index is 6.56. The van der Waals surface area contributed by atoms with Gasteiger partial charge in [0.2, 0.25) is 0 Å². The molecule has 0 spiro atoms. The first-order valence-corrected chi connectivity index (χ1v) is 16.9. The third kappa shape index (κ3) is 3.84. The first kappa shape index (κ1) is 28.0. The van der Waals surface area contributed by atoms with Gasteiger partial charge in [-0.15, -0.1) is 0 Å². The van der Waals surface area contributed by atoms with Gasteiger partial charge in [-0.3, -0.25) is 0 Å². The minimum absolute atomic E-state index is 0.213. The van der Waals surface area contributed by atoms with Crippen LogP contribution in [0, 0.1) is 0 Å². The molecule has 49 heavy (non-hydrogen) atoms. The Kier molecular flexibility index (Phi) is 5.84. The summed E-state index contributed by atoms with van der Waals surface area (Å²) in [7, 11) is 0. The second kappa shape index (κ2) is 10.2. The molecule has 10 rings (SSSR count). The summed E-state index contributed by atoms with van der Waals surface area (Å²) >= 11 is 0. The van der Waals surface area contributed by atoms with Gasteiger partial charge in [-0.05, 0) is 59.7 Å². The summed E-state index contributed by atoms with van der Waals surface area (Å²) in [6, 6.07) is 58.6. The molecule has 7 aromatic carbocycles. The highest BCUT2D eigenvalue weighted by Crippen LogP contribution is 2.55. The van der Waals surface area contributed by atoms with E-state index in [0.717, 1.165) is 39.8 Å². The van der Waals surface area contributed by atoms with Gasteiger partial charge in [-0.1, -0.05) is 129 Å². The predicted molar refractivity (Wildman–Crippen MR) is 198 cm³/mol. The largest absolute Gasteiger partial charge is 0.457 e. The van der Waals surface area contributed by atoms with E-state index in [4.69, 9.17) is 9.47 Å². The molecule has 3 heteroatoms. The average Bonchev–Trinajstić information content (AvgIpc) is 3.47. The van der Waals surface area contributed by atoms with E-state index in [1.54, 1.807) is 0 Å². The third-order valence-corrected chi connectivity index (χ3v) is 10.8. The van der Waals surface area contributed by atoms with Gasteiger partial charge in [-0.25, -0.2) is 0 Å². The molecule has 8 aromatic rings. The SMILES string of the molecule is CC1(C)c2ccccc2Oc2cc3c4ccccc4n(-c4ccc(C5(c6ccccc6)c6ccccc6Oc6ccccc65)cc4)c3cc21. The van der Waals surface area contributed by atoms with Gasteiger partial charge in [0.15, 0.2) is 0 Å². The Morgan fingerprint density at radius 3 is 1.63 bits per heavy atom. The molecule has 0 saturated carbocycles. The lowest BCUT2D eigenvalue weighted by Gasteiger charge is -2.41. The van der Waals surface area contributed by atoms with E-state index in [9.17, 15) is 0 Å². The second-order valence-electron chi connectivity index (χ2n) is 13.7. The van der Waals surface area contributed by atoms with Crippen molar-refractivity contribution in [2.45, 2.75) is 24.7 Å². The van der Waals surface area contributed by atoms with Crippen LogP contribution in [0.4, 0.5) is 0 Å². The molecule has 0 amide bonds. The topological polar surface area (TPSA) is 23.4 Å². The van der Waals surface area contributed by atoms with Gasteiger partial charge in [0, 0.05) is 44.1 Å². The number of fused-ring (bicyclic) bond motifs is 7. The Hall–Kier alpha value is -6.06. The first-order valence-electron chi connectivity index (χ1n) is 16.9. The molecule has 0 bridgehead atoms. The summed E-state index contributed by atoms with van der Waals surface area (Å²) in [5, 5.41) is 2.39. The molecule has 0 fully saturated rings. The van der Waals surface area contributed by atoms with Crippen LogP contribution in [-0.4, -0.2) is 4.57 Å². The zero-order chi connectivity index (χ0) is 32.7. The van der Waals surface area contributed by atoms with E-state index in [1.165, 1.54) is 44.1 Å². The fraction of sp³-hybridized carbons (Fsp3) is 0.0870. The summed E-state index contributed by atoms with van der Waals surface area (Å²) in [4.78, 5) is 0. The van der Waals surface area contributed by atoms with E-state index in [0.29, 0.717) is 0 Å². The van der Waals surface area contributed by atoms with Gasteiger partial charge < -0.3 is 14.0 Å². The molecule has 0 N–H and O–H groups in total. The van der Waals surface area contributed by atoms with E-state index in [2.05, 4.69) is 176 Å². The molecular formula is C46H33NO2. The third-order valence-electron chi connectivity index (χ3n) is 10.8. The molecule has 2 aliphatic heterocycles. The number of para-hydroxylation sites is 4. The molecule has 234 valence electrons. The Morgan fingerprint density at radius 1 is 0.408 bits per heavy atom. The van der Waals surface area contributed by atoms with Crippen molar-refractivity contribution in [3.05, 3.63) is 197 Å². The average molecular weight is 632 g/mol. The predicted octanol–water partition coefficient (Wildman–Crippen LogP) is 11.7. The van der Waals surface area contributed by atoms with Gasteiger partial charge in [0.1, 0.15) is 23.0 Å². The Labute approximate surface area is 285 Å². The number of ether oxygens (including phenoxy) is 2. The van der Waals surface area contributed by atoms with Crippen molar-refractivity contribution in [2.24, 2.45) is 0 Å². The van der Waals surface area contributed by atoms with Crippen LogP contribution in [0.2, 0.25) is 0 Å². The van der Waals surface area contributed by atoms with Crippen LogP contribution in [0.1, 0.15) is 47.2 Å². The monoisotopic (exact) mass is 631 g/mol. The molecule has 0 saturated heterocycles. The molecule has 0 aliphatic carbocycles. The quantitative estimate of drug-likeness (QED) is 0.194. The van der Waals surface area contributed by atoms with Crippen molar-refractivity contribution < 1.29 is 9.47 Å². The summed E-state index contributed by atoms with van der Waals surface area (Å²) in [5.74, 6) is 3.62. The van der Waals surface area contributed by atoms with E-state index in [1.807, 2.05) is 6.07 Å². The van der Waals surface area contributed by atoms with Crippen LogP contribution in [0.3, 0.4) is 0 Å². The minimum Gasteiger partial charge on any atom is -0.457 e. The van der Waals surface area contributed by atoms with Crippen molar-refractivity contribution >= 4 is 21.8 Å². The zero-order valence-corrected chi connectivity index (χ0v) is 27.4. The lowest BCUT2D eigenvalue weighted by molar-refractivity contribution is 0.419. The summed E-state index contributed by atoms with van der Waals surface area (Å²) in [5.41, 5.74) is 9.75. The molecule has 1 aromatic heterocycles.